The Hall–Kier alpha value is -1.19. The summed E-state index contributed by atoms with van der Waals surface area (Å²) < 4.78 is 15.0. The highest BCUT2D eigenvalue weighted by atomic mass is 79.9. The van der Waals surface area contributed by atoms with Crippen LogP contribution in [0.5, 0.6) is 0 Å². The van der Waals surface area contributed by atoms with Crippen molar-refractivity contribution in [2.24, 2.45) is 0 Å². The molecule has 0 spiro atoms. The molecule has 0 fully saturated rings. The first-order valence-corrected chi connectivity index (χ1v) is 7.25. The molecule has 0 amide bonds. The number of benzene rings is 2. The molecule has 19 heavy (non-hydrogen) atoms. The second kappa shape index (κ2) is 6.83. The normalized spacial score (nSPS) is 12.4. The maximum atomic E-state index is 14.0. The van der Waals surface area contributed by atoms with Gasteiger partial charge in [0.2, 0.25) is 0 Å². The lowest BCUT2D eigenvalue weighted by Crippen LogP contribution is -2.24. The van der Waals surface area contributed by atoms with Crippen LogP contribution in [0.25, 0.3) is 0 Å². The van der Waals surface area contributed by atoms with Crippen molar-refractivity contribution in [3.63, 3.8) is 0 Å². The van der Waals surface area contributed by atoms with Crippen LogP contribution in [0.1, 0.15) is 30.5 Å². The van der Waals surface area contributed by atoms with Crippen LogP contribution in [0.2, 0.25) is 0 Å². The van der Waals surface area contributed by atoms with E-state index in [0.717, 1.165) is 23.0 Å². The standard InChI is InChI=1S/C16H17BrFN/c1-2-11-19-16(12-7-3-5-9-14(12)17)13-8-4-6-10-15(13)18/h3-10,16,19H,2,11H2,1H3. The molecule has 1 nitrogen and oxygen atoms in total. The topological polar surface area (TPSA) is 12.0 Å². The van der Waals surface area contributed by atoms with Crippen LogP contribution < -0.4 is 5.32 Å². The molecule has 0 heterocycles. The third-order valence-electron chi connectivity index (χ3n) is 3.03. The fourth-order valence-corrected chi connectivity index (χ4v) is 2.61. The molecule has 0 radical (unpaired) electrons. The molecule has 0 aliphatic rings. The van der Waals surface area contributed by atoms with Gasteiger partial charge in [0.1, 0.15) is 5.82 Å². The van der Waals surface area contributed by atoms with Crippen LogP contribution in [0.3, 0.4) is 0 Å². The highest BCUT2D eigenvalue weighted by Gasteiger charge is 2.18. The van der Waals surface area contributed by atoms with E-state index >= 15 is 0 Å². The Kier molecular flexibility index (Phi) is 5.11. The van der Waals surface area contributed by atoms with E-state index in [0.29, 0.717) is 5.56 Å². The average molecular weight is 322 g/mol. The number of nitrogens with one attached hydrogen (secondary N) is 1. The number of hydrogen-bond acceptors (Lipinski definition) is 1. The fourth-order valence-electron chi connectivity index (χ4n) is 2.09. The van der Waals surface area contributed by atoms with Gasteiger partial charge in [-0.25, -0.2) is 4.39 Å². The number of halogens is 2. The van der Waals surface area contributed by atoms with E-state index in [1.54, 1.807) is 6.07 Å². The molecule has 3 heteroatoms. The third kappa shape index (κ3) is 3.43. The Balaban J connectivity index is 2.42. The molecule has 2 rings (SSSR count). The summed E-state index contributed by atoms with van der Waals surface area (Å²) in [4.78, 5) is 0. The summed E-state index contributed by atoms with van der Waals surface area (Å²) in [6.45, 7) is 2.95. The first-order chi connectivity index (χ1) is 9.24. The quantitative estimate of drug-likeness (QED) is 0.843. The molecule has 1 unspecified atom stereocenters. The van der Waals surface area contributed by atoms with Gasteiger partial charge in [0.05, 0.1) is 6.04 Å². The summed E-state index contributed by atoms with van der Waals surface area (Å²) >= 11 is 3.55. The maximum absolute atomic E-state index is 14.0. The summed E-state index contributed by atoms with van der Waals surface area (Å²) in [6, 6.07) is 14.7. The zero-order valence-corrected chi connectivity index (χ0v) is 12.5. The van der Waals surface area contributed by atoms with Crippen molar-refractivity contribution in [2.45, 2.75) is 19.4 Å². The second-order valence-corrected chi connectivity index (χ2v) is 5.28. The highest BCUT2D eigenvalue weighted by molar-refractivity contribution is 9.10. The first kappa shape index (κ1) is 14.2. The second-order valence-electron chi connectivity index (χ2n) is 4.43. The Bertz CT molecular complexity index is 496. The Morgan fingerprint density at radius 1 is 1.05 bits per heavy atom. The van der Waals surface area contributed by atoms with Crippen molar-refractivity contribution in [3.8, 4) is 0 Å². The van der Waals surface area contributed by atoms with Crippen LogP contribution in [0, 0.1) is 5.82 Å². The minimum atomic E-state index is -0.174. The van der Waals surface area contributed by atoms with E-state index < -0.39 is 0 Å². The van der Waals surface area contributed by atoms with Gasteiger partial charge in [-0.3, -0.25) is 0 Å². The van der Waals surface area contributed by atoms with Crippen LogP contribution >= 0.6 is 15.9 Å². The molecule has 1 atom stereocenters. The van der Waals surface area contributed by atoms with Crippen LogP contribution in [-0.4, -0.2) is 6.54 Å². The van der Waals surface area contributed by atoms with Crippen molar-refractivity contribution in [1.82, 2.24) is 5.32 Å². The lowest BCUT2D eigenvalue weighted by Gasteiger charge is -2.21. The zero-order valence-electron chi connectivity index (χ0n) is 10.9. The van der Waals surface area contributed by atoms with Crippen LogP contribution in [0.15, 0.2) is 53.0 Å². The molecule has 0 bridgehead atoms. The van der Waals surface area contributed by atoms with Gasteiger partial charge in [-0.1, -0.05) is 59.3 Å². The smallest absolute Gasteiger partial charge is 0.128 e. The molecule has 0 aliphatic heterocycles. The molecule has 2 aromatic rings. The molecular weight excluding hydrogens is 305 g/mol. The molecule has 1 N–H and O–H groups in total. The van der Waals surface area contributed by atoms with Crippen molar-refractivity contribution in [3.05, 3.63) is 69.9 Å². The molecule has 100 valence electrons. The Morgan fingerprint density at radius 3 is 2.32 bits per heavy atom. The highest BCUT2D eigenvalue weighted by Crippen LogP contribution is 2.29. The van der Waals surface area contributed by atoms with E-state index in [-0.39, 0.29) is 11.9 Å². The van der Waals surface area contributed by atoms with Gasteiger partial charge in [-0.05, 0) is 30.7 Å². The lowest BCUT2D eigenvalue weighted by molar-refractivity contribution is 0.546. The van der Waals surface area contributed by atoms with Gasteiger partial charge in [-0.15, -0.1) is 0 Å². The van der Waals surface area contributed by atoms with Crippen molar-refractivity contribution >= 4 is 15.9 Å². The molecule has 0 saturated carbocycles. The number of hydrogen-bond donors (Lipinski definition) is 1. The van der Waals surface area contributed by atoms with E-state index in [2.05, 4.69) is 28.2 Å². The predicted octanol–water partition coefficient (Wildman–Crippen LogP) is 4.68. The minimum absolute atomic E-state index is 0.128. The Morgan fingerprint density at radius 2 is 1.68 bits per heavy atom. The van der Waals surface area contributed by atoms with Crippen molar-refractivity contribution in [1.29, 1.82) is 0 Å². The summed E-state index contributed by atoms with van der Waals surface area (Å²) in [6.07, 6.45) is 1.01. The largest absolute Gasteiger partial charge is 0.306 e. The third-order valence-corrected chi connectivity index (χ3v) is 3.75. The minimum Gasteiger partial charge on any atom is -0.306 e. The average Bonchev–Trinajstić information content (AvgIpc) is 2.42. The molecule has 0 aromatic heterocycles. The summed E-state index contributed by atoms with van der Waals surface area (Å²) in [5.41, 5.74) is 1.74. The Labute approximate surface area is 122 Å². The van der Waals surface area contributed by atoms with E-state index in [1.807, 2.05) is 36.4 Å². The van der Waals surface area contributed by atoms with Gasteiger partial charge in [0.25, 0.3) is 0 Å². The fraction of sp³-hybridized carbons (Fsp3) is 0.250. The summed E-state index contributed by atoms with van der Waals surface area (Å²) in [5, 5.41) is 3.41. The first-order valence-electron chi connectivity index (χ1n) is 6.46. The van der Waals surface area contributed by atoms with Crippen LogP contribution in [-0.2, 0) is 0 Å². The SMILES string of the molecule is CCCNC(c1ccccc1F)c1ccccc1Br. The zero-order chi connectivity index (χ0) is 13.7. The van der Waals surface area contributed by atoms with Gasteiger partial charge < -0.3 is 5.32 Å². The lowest BCUT2D eigenvalue weighted by atomic mass is 9.98. The van der Waals surface area contributed by atoms with Crippen molar-refractivity contribution in [2.75, 3.05) is 6.54 Å². The molecule has 0 saturated heterocycles. The van der Waals surface area contributed by atoms with Gasteiger partial charge in [0.15, 0.2) is 0 Å². The van der Waals surface area contributed by atoms with Crippen molar-refractivity contribution < 1.29 is 4.39 Å². The van der Waals surface area contributed by atoms with Gasteiger partial charge in [0, 0.05) is 10.0 Å². The molecule has 2 aromatic carbocycles. The molecular formula is C16H17BrFN. The molecule has 0 aliphatic carbocycles. The van der Waals surface area contributed by atoms with Gasteiger partial charge in [-0.2, -0.15) is 0 Å². The van der Waals surface area contributed by atoms with Crippen LogP contribution in [0.4, 0.5) is 4.39 Å². The summed E-state index contributed by atoms with van der Waals surface area (Å²) in [5.74, 6) is -0.174. The van der Waals surface area contributed by atoms with Gasteiger partial charge >= 0.3 is 0 Å². The monoisotopic (exact) mass is 321 g/mol. The van der Waals surface area contributed by atoms with E-state index in [9.17, 15) is 4.39 Å². The van der Waals surface area contributed by atoms with E-state index in [4.69, 9.17) is 0 Å². The maximum Gasteiger partial charge on any atom is 0.128 e. The predicted molar refractivity (Wildman–Crippen MR) is 80.7 cm³/mol. The number of rotatable bonds is 5. The van der Waals surface area contributed by atoms with E-state index in [1.165, 1.54) is 6.07 Å². The summed E-state index contributed by atoms with van der Waals surface area (Å²) in [7, 11) is 0.